The zero-order chi connectivity index (χ0) is 9.84. The van der Waals surface area contributed by atoms with Gasteiger partial charge in [-0.05, 0) is 22.9 Å². The first kappa shape index (κ1) is 10.2. The lowest BCUT2D eigenvalue weighted by Gasteiger charge is -2.01. The van der Waals surface area contributed by atoms with Crippen molar-refractivity contribution in [3.05, 3.63) is 16.4 Å². The Morgan fingerprint density at radius 2 is 2.54 bits per heavy atom. The van der Waals surface area contributed by atoms with E-state index in [-0.39, 0.29) is 5.91 Å². The number of hydroxylamine groups is 1. The molecule has 0 spiro atoms. The summed E-state index contributed by atoms with van der Waals surface area (Å²) in [4.78, 5) is 16.1. The molecule has 0 fully saturated rings. The lowest BCUT2D eigenvalue weighted by Crippen LogP contribution is -2.23. The van der Waals surface area contributed by atoms with Gasteiger partial charge in [-0.1, -0.05) is 0 Å². The molecule has 1 heterocycles. The molecule has 0 aromatic carbocycles. The van der Waals surface area contributed by atoms with Crippen LogP contribution in [-0.4, -0.2) is 22.3 Å². The standard InChI is InChI=1S/C7H10BrN3O2/c1-3-13-10-7(12)5-4-9-11(2)6(5)8/h4H,3H2,1-2H3,(H,10,12). The molecule has 72 valence electrons. The maximum absolute atomic E-state index is 11.3. The van der Waals surface area contributed by atoms with Gasteiger partial charge < -0.3 is 0 Å². The van der Waals surface area contributed by atoms with Gasteiger partial charge in [-0.15, -0.1) is 0 Å². The molecule has 0 bridgehead atoms. The van der Waals surface area contributed by atoms with Crippen LogP contribution in [0.1, 0.15) is 17.3 Å². The van der Waals surface area contributed by atoms with Gasteiger partial charge >= 0.3 is 0 Å². The number of nitrogens with one attached hydrogen (secondary N) is 1. The average Bonchev–Trinajstić information content (AvgIpc) is 2.44. The minimum absolute atomic E-state index is 0.304. The third-order valence-corrected chi connectivity index (χ3v) is 2.36. The van der Waals surface area contributed by atoms with E-state index in [1.54, 1.807) is 18.7 Å². The molecule has 1 N–H and O–H groups in total. The van der Waals surface area contributed by atoms with E-state index < -0.39 is 0 Å². The highest BCUT2D eigenvalue weighted by Gasteiger charge is 2.13. The summed E-state index contributed by atoms with van der Waals surface area (Å²) < 4.78 is 2.19. The average molecular weight is 248 g/mol. The van der Waals surface area contributed by atoms with Gasteiger partial charge in [-0.3, -0.25) is 14.3 Å². The summed E-state index contributed by atoms with van der Waals surface area (Å²) >= 11 is 3.23. The van der Waals surface area contributed by atoms with Gasteiger partial charge in [-0.2, -0.15) is 5.10 Å². The van der Waals surface area contributed by atoms with Gasteiger partial charge in [0, 0.05) is 7.05 Å². The van der Waals surface area contributed by atoms with E-state index in [2.05, 4.69) is 26.5 Å². The Kier molecular flexibility index (Phi) is 3.44. The van der Waals surface area contributed by atoms with Crippen LogP contribution in [-0.2, 0) is 11.9 Å². The number of aromatic nitrogens is 2. The van der Waals surface area contributed by atoms with Gasteiger partial charge in [0.15, 0.2) is 0 Å². The SMILES string of the molecule is CCONC(=O)c1cnn(C)c1Br. The summed E-state index contributed by atoms with van der Waals surface area (Å²) in [5, 5.41) is 3.90. The zero-order valence-electron chi connectivity index (χ0n) is 7.37. The van der Waals surface area contributed by atoms with Gasteiger partial charge in [0.25, 0.3) is 5.91 Å². The molecular weight excluding hydrogens is 238 g/mol. The molecule has 0 radical (unpaired) electrons. The van der Waals surface area contributed by atoms with Gasteiger partial charge in [-0.25, -0.2) is 5.48 Å². The number of carbonyl (C=O) groups is 1. The molecule has 1 amide bonds. The maximum Gasteiger partial charge on any atom is 0.279 e. The summed E-state index contributed by atoms with van der Waals surface area (Å²) in [5.74, 6) is -0.304. The Bertz CT molecular complexity index is 311. The topological polar surface area (TPSA) is 56.1 Å². The smallest absolute Gasteiger partial charge is 0.274 e. The highest BCUT2D eigenvalue weighted by molar-refractivity contribution is 9.10. The van der Waals surface area contributed by atoms with E-state index >= 15 is 0 Å². The Morgan fingerprint density at radius 1 is 1.85 bits per heavy atom. The molecule has 0 atom stereocenters. The van der Waals surface area contributed by atoms with Crippen molar-refractivity contribution in [2.45, 2.75) is 6.92 Å². The number of carbonyl (C=O) groups excluding carboxylic acids is 1. The van der Waals surface area contributed by atoms with Gasteiger partial charge in [0.05, 0.1) is 18.4 Å². The molecule has 0 aliphatic rings. The fourth-order valence-corrected chi connectivity index (χ4v) is 1.14. The number of rotatable bonds is 3. The fraction of sp³-hybridized carbons (Fsp3) is 0.429. The summed E-state index contributed by atoms with van der Waals surface area (Å²) in [5.41, 5.74) is 2.74. The lowest BCUT2D eigenvalue weighted by molar-refractivity contribution is 0.0363. The number of hydrogen-bond acceptors (Lipinski definition) is 3. The van der Waals surface area contributed by atoms with Crippen molar-refractivity contribution in [3.63, 3.8) is 0 Å². The predicted octanol–water partition coefficient (Wildman–Crippen LogP) is 0.864. The molecule has 1 aromatic rings. The van der Waals surface area contributed by atoms with Crippen molar-refractivity contribution >= 4 is 21.8 Å². The van der Waals surface area contributed by atoms with E-state index in [1.165, 1.54) is 6.20 Å². The van der Waals surface area contributed by atoms with E-state index in [0.29, 0.717) is 16.8 Å². The molecule has 0 aliphatic heterocycles. The van der Waals surface area contributed by atoms with Crippen molar-refractivity contribution in [2.75, 3.05) is 6.61 Å². The van der Waals surface area contributed by atoms with Crippen LogP contribution in [0.5, 0.6) is 0 Å². The molecule has 0 aliphatic carbocycles. The number of halogens is 1. The first-order valence-electron chi connectivity index (χ1n) is 3.76. The predicted molar refractivity (Wildman–Crippen MR) is 50.0 cm³/mol. The quantitative estimate of drug-likeness (QED) is 0.807. The van der Waals surface area contributed by atoms with E-state index in [0.717, 1.165) is 0 Å². The van der Waals surface area contributed by atoms with Crippen LogP contribution < -0.4 is 5.48 Å². The van der Waals surface area contributed by atoms with Crippen LogP contribution in [0.25, 0.3) is 0 Å². The second kappa shape index (κ2) is 4.38. The molecule has 0 saturated heterocycles. The first-order valence-corrected chi connectivity index (χ1v) is 4.55. The third-order valence-electron chi connectivity index (χ3n) is 1.42. The van der Waals surface area contributed by atoms with Crippen molar-refractivity contribution in [2.24, 2.45) is 7.05 Å². The van der Waals surface area contributed by atoms with Crippen LogP contribution >= 0.6 is 15.9 Å². The van der Waals surface area contributed by atoms with Gasteiger partial charge in [0.1, 0.15) is 4.60 Å². The molecule has 0 saturated carbocycles. The van der Waals surface area contributed by atoms with Crippen LogP contribution in [0.2, 0.25) is 0 Å². The van der Waals surface area contributed by atoms with Crippen LogP contribution in [0, 0.1) is 0 Å². The maximum atomic E-state index is 11.3. The van der Waals surface area contributed by atoms with E-state index in [1.807, 2.05) is 0 Å². The number of amides is 1. The molecule has 13 heavy (non-hydrogen) atoms. The van der Waals surface area contributed by atoms with E-state index in [4.69, 9.17) is 4.84 Å². The molecule has 1 rings (SSSR count). The summed E-state index contributed by atoms with van der Waals surface area (Å²) in [6.45, 7) is 2.22. The van der Waals surface area contributed by atoms with E-state index in [9.17, 15) is 4.79 Å². The fourth-order valence-electron chi connectivity index (χ4n) is 0.768. The Labute approximate surface area is 84.1 Å². The monoisotopic (exact) mass is 247 g/mol. The van der Waals surface area contributed by atoms with Crippen LogP contribution in [0.15, 0.2) is 10.8 Å². The highest BCUT2D eigenvalue weighted by Crippen LogP contribution is 2.14. The zero-order valence-corrected chi connectivity index (χ0v) is 8.96. The molecular formula is C7H10BrN3O2. The van der Waals surface area contributed by atoms with Crippen LogP contribution in [0.3, 0.4) is 0 Å². The minimum atomic E-state index is -0.304. The number of hydrogen-bond donors (Lipinski definition) is 1. The Balaban J connectivity index is 2.71. The van der Waals surface area contributed by atoms with Crippen molar-refractivity contribution < 1.29 is 9.63 Å². The summed E-state index contributed by atoms with van der Waals surface area (Å²) in [6.07, 6.45) is 1.47. The second-order valence-electron chi connectivity index (χ2n) is 2.34. The minimum Gasteiger partial charge on any atom is -0.274 e. The molecule has 1 aromatic heterocycles. The highest BCUT2D eigenvalue weighted by atomic mass is 79.9. The normalized spacial score (nSPS) is 10.1. The van der Waals surface area contributed by atoms with Gasteiger partial charge in [0.2, 0.25) is 0 Å². The lowest BCUT2D eigenvalue weighted by atomic mass is 10.3. The largest absolute Gasteiger partial charge is 0.279 e. The Morgan fingerprint density at radius 3 is 3.00 bits per heavy atom. The molecule has 5 nitrogen and oxygen atoms in total. The van der Waals surface area contributed by atoms with Crippen LogP contribution in [0.4, 0.5) is 0 Å². The number of aryl methyl sites for hydroxylation is 1. The first-order chi connectivity index (χ1) is 6.16. The second-order valence-corrected chi connectivity index (χ2v) is 3.09. The van der Waals surface area contributed by atoms with Crippen molar-refractivity contribution in [3.8, 4) is 0 Å². The molecule has 0 unspecified atom stereocenters. The molecule has 6 heteroatoms. The number of nitrogens with zero attached hydrogens (tertiary/aromatic N) is 2. The van der Waals surface area contributed by atoms with Crippen molar-refractivity contribution in [1.82, 2.24) is 15.3 Å². The third kappa shape index (κ3) is 2.28. The summed E-state index contributed by atoms with van der Waals surface area (Å²) in [7, 11) is 1.74. The Hall–Kier alpha value is -0.880. The summed E-state index contributed by atoms with van der Waals surface area (Å²) in [6, 6.07) is 0. The van der Waals surface area contributed by atoms with Crippen molar-refractivity contribution in [1.29, 1.82) is 0 Å².